The Bertz CT molecular complexity index is 2020. The lowest BCUT2D eigenvalue weighted by molar-refractivity contribution is -0.138. The molecule has 2 heterocycles. The van der Waals surface area contributed by atoms with Crippen molar-refractivity contribution >= 4 is 47.0 Å². The van der Waals surface area contributed by atoms with Gasteiger partial charge in [-0.15, -0.1) is 0 Å². The molecule has 0 aliphatic carbocycles. The normalized spacial score (nSPS) is 10.9. The smallest absolute Gasteiger partial charge is 0.303 e. The molecule has 4 rings (SSSR count). The monoisotopic (exact) mass is 896 g/mol. The Kier molecular flexibility index (Phi) is 20.0. The van der Waals surface area contributed by atoms with E-state index in [0.29, 0.717) is 50.1 Å². The number of pyridine rings is 2. The maximum Gasteiger partial charge on any atom is 0.303 e. The highest BCUT2D eigenvalue weighted by atomic mass is 35.5. The molecule has 62 heavy (non-hydrogen) atoms. The third kappa shape index (κ3) is 15.3. The number of carboxylic acids is 2. The molecule has 2 aromatic heterocycles. The zero-order valence-electron chi connectivity index (χ0n) is 35.3. The van der Waals surface area contributed by atoms with Crippen molar-refractivity contribution in [2.75, 3.05) is 40.4 Å². The second-order valence-corrected chi connectivity index (χ2v) is 14.9. The van der Waals surface area contributed by atoms with Crippen LogP contribution in [0.3, 0.4) is 0 Å². The van der Waals surface area contributed by atoms with Gasteiger partial charge >= 0.3 is 11.9 Å². The van der Waals surface area contributed by atoms with Gasteiger partial charge in [0.05, 0.1) is 26.1 Å². The first-order valence-electron chi connectivity index (χ1n) is 20.1. The van der Waals surface area contributed by atoms with Crippen molar-refractivity contribution in [3.8, 4) is 34.6 Å². The molecule has 0 saturated heterocycles. The molecule has 4 aromatic rings. The standard InChI is InChI=1S/C44H54Cl2N6O10/c1-27-29(25-61-43-35(45)21-31(23-49-17-7-13-39(55)56)41(51-43)59-19-15-37(53)47-3)9-5-11-33(27)34-12-6-10-30(28(34)2)26-62-44-36(46)22-32(24-50-18-8-14-40(57)58)42(52-44)60-20-16-38(54)48-4/h5-6,9-12,21-22,49-50H,7-8,13-20,23-26H2,1-4H3,(H,47,53)(H,48,54)(H,55,56)(H,57,58). The summed E-state index contributed by atoms with van der Waals surface area (Å²) in [5.74, 6) is -1.30. The van der Waals surface area contributed by atoms with Crippen molar-refractivity contribution in [2.45, 2.75) is 78.7 Å². The molecule has 0 radical (unpaired) electrons. The van der Waals surface area contributed by atoms with E-state index in [9.17, 15) is 19.2 Å². The lowest BCUT2D eigenvalue weighted by Crippen LogP contribution is -2.21. The van der Waals surface area contributed by atoms with E-state index in [2.05, 4.69) is 31.2 Å². The molecule has 334 valence electrons. The molecule has 6 N–H and O–H groups in total. The maximum atomic E-state index is 11.8. The van der Waals surface area contributed by atoms with Gasteiger partial charge in [0.1, 0.15) is 23.3 Å². The minimum Gasteiger partial charge on any atom is -0.481 e. The van der Waals surface area contributed by atoms with Gasteiger partial charge in [0.25, 0.3) is 0 Å². The molecule has 0 aliphatic heterocycles. The van der Waals surface area contributed by atoms with Crippen LogP contribution in [0.2, 0.25) is 10.0 Å². The number of amides is 2. The van der Waals surface area contributed by atoms with E-state index in [1.54, 1.807) is 26.2 Å². The number of carboxylic acid groups (broad SMARTS) is 2. The van der Waals surface area contributed by atoms with Gasteiger partial charge in [-0.1, -0.05) is 59.6 Å². The maximum absolute atomic E-state index is 11.8. The molecule has 18 heteroatoms. The molecule has 0 spiro atoms. The quantitative estimate of drug-likeness (QED) is 0.0369. The number of hydrogen-bond donors (Lipinski definition) is 6. The van der Waals surface area contributed by atoms with E-state index in [1.165, 1.54) is 0 Å². The summed E-state index contributed by atoms with van der Waals surface area (Å²) in [7, 11) is 3.09. The molecule has 16 nitrogen and oxygen atoms in total. The first-order chi connectivity index (χ1) is 29.8. The number of halogens is 2. The molecular formula is C44H54Cl2N6O10. The third-order valence-corrected chi connectivity index (χ3v) is 10.2. The van der Waals surface area contributed by atoms with Crippen molar-refractivity contribution in [1.82, 2.24) is 31.2 Å². The van der Waals surface area contributed by atoms with Gasteiger partial charge < -0.3 is 50.4 Å². The van der Waals surface area contributed by atoms with E-state index >= 15 is 0 Å². The topological polar surface area (TPSA) is 220 Å². The van der Waals surface area contributed by atoms with Crippen LogP contribution in [0.15, 0.2) is 48.5 Å². The molecule has 2 aromatic carbocycles. The number of benzene rings is 2. The molecule has 0 bridgehead atoms. The fraction of sp³-hybridized carbons (Fsp3) is 0.409. The fourth-order valence-corrected chi connectivity index (χ4v) is 6.61. The van der Waals surface area contributed by atoms with Crippen LogP contribution < -0.4 is 40.2 Å². The summed E-state index contributed by atoms with van der Waals surface area (Å²) in [4.78, 5) is 54.6. The van der Waals surface area contributed by atoms with Crippen molar-refractivity contribution in [1.29, 1.82) is 0 Å². The Morgan fingerprint density at radius 1 is 0.581 bits per heavy atom. The largest absolute Gasteiger partial charge is 0.481 e. The van der Waals surface area contributed by atoms with Gasteiger partial charge in [-0.3, -0.25) is 19.2 Å². The number of carbonyl (C=O) groups excluding carboxylic acids is 2. The number of hydrogen-bond acceptors (Lipinski definition) is 12. The van der Waals surface area contributed by atoms with Crippen LogP contribution in [0.4, 0.5) is 0 Å². The van der Waals surface area contributed by atoms with Crippen molar-refractivity contribution in [3.05, 3.63) is 92.0 Å². The van der Waals surface area contributed by atoms with Crippen LogP contribution in [0.25, 0.3) is 11.1 Å². The van der Waals surface area contributed by atoms with Crippen LogP contribution in [0.1, 0.15) is 71.9 Å². The number of nitrogens with one attached hydrogen (secondary N) is 4. The molecule has 0 saturated carbocycles. The predicted octanol–water partition coefficient (Wildman–Crippen LogP) is 6.16. The van der Waals surface area contributed by atoms with E-state index in [-0.39, 0.29) is 97.5 Å². The Morgan fingerprint density at radius 2 is 0.984 bits per heavy atom. The molecule has 0 fully saturated rings. The van der Waals surface area contributed by atoms with E-state index in [4.69, 9.17) is 52.4 Å². The predicted molar refractivity (Wildman–Crippen MR) is 234 cm³/mol. The summed E-state index contributed by atoms with van der Waals surface area (Å²) in [6.45, 7) is 6.01. The Morgan fingerprint density at radius 3 is 1.35 bits per heavy atom. The molecule has 2 amide bonds. The van der Waals surface area contributed by atoms with Gasteiger partial charge in [-0.2, -0.15) is 9.97 Å². The van der Waals surface area contributed by atoms with Crippen LogP contribution in [-0.4, -0.2) is 84.3 Å². The van der Waals surface area contributed by atoms with E-state index < -0.39 is 11.9 Å². The molecule has 0 unspecified atom stereocenters. The summed E-state index contributed by atoms with van der Waals surface area (Å²) in [5.41, 5.74) is 6.97. The first-order valence-corrected chi connectivity index (χ1v) is 20.9. The van der Waals surface area contributed by atoms with Crippen LogP contribution in [0, 0.1) is 13.8 Å². The van der Waals surface area contributed by atoms with Crippen LogP contribution in [0.5, 0.6) is 23.5 Å². The Labute approximate surface area is 371 Å². The summed E-state index contributed by atoms with van der Waals surface area (Å²) in [6, 6.07) is 15.3. The van der Waals surface area contributed by atoms with Gasteiger partial charge in [0.2, 0.25) is 35.3 Å². The number of aliphatic carboxylic acids is 2. The molecule has 0 atom stereocenters. The molecule has 0 aliphatic rings. The number of nitrogens with zero attached hydrogens (tertiary/aromatic N) is 2. The second-order valence-electron chi connectivity index (χ2n) is 14.1. The van der Waals surface area contributed by atoms with E-state index in [1.807, 2.05) is 50.2 Å². The fourth-order valence-electron chi connectivity index (χ4n) is 6.16. The van der Waals surface area contributed by atoms with Gasteiger partial charge in [0.15, 0.2) is 0 Å². The zero-order chi connectivity index (χ0) is 45.0. The summed E-state index contributed by atoms with van der Waals surface area (Å²) in [6.07, 6.45) is 1.21. The minimum absolute atomic E-state index is 0.0399. The summed E-state index contributed by atoms with van der Waals surface area (Å²) >= 11 is 13.3. The summed E-state index contributed by atoms with van der Waals surface area (Å²) < 4.78 is 24.1. The van der Waals surface area contributed by atoms with Crippen molar-refractivity contribution in [3.63, 3.8) is 0 Å². The van der Waals surface area contributed by atoms with Gasteiger partial charge in [-0.05, 0) is 85.3 Å². The van der Waals surface area contributed by atoms with Gasteiger partial charge in [0, 0.05) is 51.2 Å². The van der Waals surface area contributed by atoms with Crippen molar-refractivity contribution in [2.24, 2.45) is 0 Å². The van der Waals surface area contributed by atoms with Gasteiger partial charge in [-0.25, -0.2) is 0 Å². The van der Waals surface area contributed by atoms with Crippen LogP contribution in [-0.2, 0) is 45.5 Å². The highest BCUT2D eigenvalue weighted by Gasteiger charge is 2.18. The SMILES string of the molecule is CNC(=O)CCOc1nc(OCc2cccc(-c3cccc(COc4nc(OCCC(=O)NC)c(CNCCCC(=O)O)cc4Cl)c3C)c2C)c(Cl)cc1CNCCCC(=O)O. The number of ether oxygens (including phenoxy) is 4. The number of carbonyl (C=O) groups is 4. The van der Waals surface area contributed by atoms with Crippen molar-refractivity contribution < 1.29 is 48.3 Å². The average Bonchev–Trinajstić information content (AvgIpc) is 3.24. The second kappa shape index (κ2) is 25.3. The average molecular weight is 898 g/mol. The summed E-state index contributed by atoms with van der Waals surface area (Å²) in [5, 5.41) is 29.9. The highest BCUT2D eigenvalue weighted by molar-refractivity contribution is 6.32. The lowest BCUT2D eigenvalue weighted by Gasteiger charge is -2.18. The minimum atomic E-state index is -0.870. The highest BCUT2D eigenvalue weighted by Crippen LogP contribution is 2.34. The number of aromatic nitrogens is 2. The number of rotatable bonds is 27. The third-order valence-electron chi connectivity index (χ3n) is 9.69. The Hall–Kier alpha value is -5.68. The van der Waals surface area contributed by atoms with Crippen LogP contribution >= 0.6 is 23.2 Å². The van der Waals surface area contributed by atoms with E-state index in [0.717, 1.165) is 33.4 Å². The lowest BCUT2D eigenvalue weighted by atomic mass is 9.92. The molecular weight excluding hydrogens is 843 g/mol. The Balaban J connectivity index is 1.50. The first kappa shape index (κ1) is 49.0. The zero-order valence-corrected chi connectivity index (χ0v) is 36.8.